The molecule has 1 nitrogen and oxygen atoms in total. The minimum Gasteiger partial charge on any atom is -0.303 e. The van der Waals surface area contributed by atoms with Crippen LogP contribution in [0.2, 0.25) is 0 Å². The number of carbonyl (C=O) groups excluding carboxylic acids is 1. The van der Waals surface area contributed by atoms with Gasteiger partial charge in [0.05, 0.1) is 0 Å². The second-order valence-corrected chi connectivity index (χ2v) is 3.27. The van der Waals surface area contributed by atoms with Crippen LogP contribution in [0.1, 0.15) is 40.0 Å². The van der Waals surface area contributed by atoms with Crippen molar-refractivity contribution in [3.8, 4) is 0 Å². The molecular weight excluding hydrogens is 148 g/mol. The first-order valence-corrected chi connectivity index (χ1v) is 4.39. The summed E-state index contributed by atoms with van der Waals surface area (Å²) in [5.41, 5.74) is 2.66. The summed E-state index contributed by atoms with van der Waals surface area (Å²) in [5.74, 6) is 0. The molecule has 0 aliphatic carbocycles. The number of hydrogen-bond acceptors (Lipinski definition) is 1. The van der Waals surface area contributed by atoms with Gasteiger partial charge in [0.1, 0.15) is 6.29 Å². The minimum absolute atomic E-state index is 0.556. The molecule has 0 aliphatic rings. The average molecular weight is 166 g/mol. The Labute approximate surface area is 75.2 Å². The van der Waals surface area contributed by atoms with E-state index in [1.807, 2.05) is 6.08 Å². The molecule has 0 fully saturated rings. The van der Waals surface area contributed by atoms with Gasteiger partial charge in [-0.05, 0) is 33.6 Å². The molecule has 0 aliphatic heterocycles. The maximum absolute atomic E-state index is 10.0. The van der Waals surface area contributed by atoms with Crippen LogP contribution in [0, 0.1) is 0 Å². The van der Waals surface area contributed by atoms with E-state index in [-0.39, 0.29) is 0 Å². The van der Waals surface area contributed by atoms with E-state index in [0.717, 1.165) is 19.1 Å². The molecular formula is C11H18O. The summed E-state index contributed by atoms with van der Waals surface area (Å²) in [4.78, 5) is 10.0. The fourth-order valence-electron chi connectivity index (χ4n) is 0.940. The summed E-state index contributed by atoms with van der Waals surface area (Å²) in [5, 5.41) is 0. The molecule has 0 amide bonds. The molecule has 0 saturated heterocycles. The number of carbonyl (C=O) groups is 1. The van der Waals surface area contributed by atoms with E-state index in [4.69, 9.17) is 0 Å². The second kappa shape index (κ2) is 6.84. The van der Waals surface area contributed by atoms with Crippen molar-refractivity contribution in [3.05, 3.63) is 23.3 Å². The van der Waals surface area contributed by atoms with E-state index in [0.29, 0.717) is 6.42 Å². The first kappa shape index (κ1) is 11.2. The molecule has 0 aromatic carbocycles. The monoisotopic (exact) mass is 166 g/mol. The lowest BCUT2D eigenvalue weighted by molar-refractivity contribution is -0.107. The molecule has 0 heterocycles. The maximum atomic E-state index is 10.0. The van der Waals surface area contributed by atoms with Crippen molar-refractivity contribution in [1.82, 2.24) is 0 Å². The van der Waals surface area contributed by atoms with Gasteiger partial charge in [0.2, 0.25) is 0 Å². The van der Waals surface area contributed by atoms with Gasteiger partial charge < -0.3 is 4.79 Å². The second-order valence-electron chi connectivity index (χ2n) is 3.27. The molecule has 0 radical (unpaired) electrons. The van der Waals surface area contributed by atoms with Crippen molar-refractivity contribution < 1.29 is 4.79 Å². The van der Waals surface area contributed by atoms with E-state index in [1.165, 1.54) is 11.1 Å². The van der Waals surface area contributed by atoms with E-state index < -0.39 is 0 Å². The fraction of sp³-hybridized carbons (Fsp3) is 0.545. The summed E-state index contributed by atoms with van der Waals surface area (Å²) in [7, 11) is 0. The molecule has 0 aromatic heterocycles. The summed E-state index contributed by atoms with van der Waals surface area (Å²) in [6.07, 6.45) is 7.86. The Kier molecular flexibility index (Phi) is 6.35. The molecule has 0 unspecified atom stereocenters. The largest absolute Gasteiger partial charge is 0.303 e. The summed E-state index contributed by atoms with van der Waals surface area (Å²) in [6, 6.07) is 0. The predicted octanol–water partition coefficient (Wildman–Crippen LogP) is 3.27. The molecule has 0 saturated carbocycles. The van der Waals surface area contributed by atoms with E-state index >= 15 is 0 Å². The van der Waals surface area contributed by atoms with E-state index in [1.54, 1.807) is 0 Å². The lowest BCUT2D eigenvalue weighted by atomic mass is 10.1. The molecule has 0 spiro atoms. The van der Waals surface area contributed by atoms with Gasteiger partial charge in [-0.15, -0.1) is 0 Å². The zero-order valence-electron chi connectivity index (χ0n) is 8.26. The first-order valence-electron chi connectivity index (χ1n) is 4.39. The average Bonchev–Trinajstić information content (AvgIpc) is 2.00. The highest BCUT2D eigenvalue weighted by molar-refractivity contribution is 5.52. The Balaban J connectivity index is 3.63. The van der Waals surface area contributed by atoms with Crippen molar-refractivity contribution in [3.63, 3.8) is 0 Å². The molecule has 0 bridgehead atoms. The lowest BCUT2D eigenvalue weighted by Crippen LogP contribution is -1.78. The van der Waals surface area contributed by atoms with Crippen LogP contribution in [0.25, 0.3) is 0 Å². The molecule has 0 aromatic rings. The Morgan fingerprint density at radius 1 is 1.17 bits per heavy atom. The highest BCUT2D eigenvalue weighted by atomic mass is 16.1. The third kappa shape index (κ3) is 7.26. The van der Waals surface area contributed by atoms with Crippen molar-refractivity contribution in [1.29, 1.82) is 0 Å². The quantitative estimate of drug-likeness (QED) is 0.452. The SMILES string of the molecule is CC(C)=CCCC(C)=CCC=O. The summed E-state index contributed by atoms with van der Waals surface area (Å²) < 4.78 is 0. The van der Waals surface area contributed by atoms with Gasteiger partial charge in [0.25, 0.3) is 0 Å². The number of aldehydes is 1. The van der Waals surface area contributed by atoms with Gasteiger partial charge in [-0.3, -0.25) is 0 Å². The van der Waals surface area contributed by atoms with E-state index in [9.17, 15) is 4.79 Å². The van der Waals surface area contributed by atoms with Crippen LogP contribution < -0.4 is 0 Å². The first-order chi connectivity index (χ1) is 5.66. The summed E-state index contributed by atoms with van der Waals surface area (Å²) >= 11 is 0. The van der Waals surface area contributed by atoms with E-state index in [2.05, 4.69) is 26.8 Å². The van der Waals surface area contributed by atoms with Crippen LogP contribution in [0.3, 0.4) is 0 Å². The maximum Gasteiger partial charge on any atom is 0.123 e. The molecule has 0 atom stereocenters. The van der Waals surface area contributed by atoms with Crippen LogP contribution >= 0.6 is 0 Å². The van der Waals surface area contributed by atoms with Gasteiger partial charge in [-0.1, -0.05) is 23.3 Å². The number of allylic oxidation sites excluding steroid dienone is 4. The minimum atomic E-state index is 0.556. The van der Waals surface area contributed by atoms with Crippen molar-refractivity contribution in [2.45, 2.75) is 40.0 Å². The Bertz CT molecular complexity index is 183. The van der Waals surface area contributed by atoms with Crippen molar-refractivity contribution >= 4 is 6.29 Å². The zero-order valence-corrected chi connectivity index (χ0v) is 8.26. The smallest absolute Gasteiger partial charge is 0.123 e. The molecule has 12 heavy (non-hydrogen) atoms. The molecule has 1 heteroatoms. The van der Waals surface area contributed by atoms with Crippen LogP contribution in [0.15, 0.2) is 23.3 Å². The van der Waals surface area contributed by atoms with Crippen LogP contribution in [0.5, 0.6) is 0 Å². The molecule has 0 N–H and O–H groups in total. The van der Waals surface area contributed by atoms with Gasteiger partial charge in [0, 0.05) is 6.42 Å². The fourth-order valence-corrected chi connectivity index (χ4v) is 0.940. The standard InChI is InChI=1S/C11H18O/c1-10(2)6-4-7-11(3)8-5-9-12/h6,8-9H,4-5,7H2,1-3H3. The third-order valence-corrected chi connectivity index (χ3v) is 1.65. The summed E-state index contributed by atoms with van der Waals surface area (Å²) in [6.45, 7) is 6.28. The predicted molar refractivity (Wildman–Crippen MR) is 53.1 cm³/mol. The van der Waals surface area contributed by atoms with Crippen molar-refractivity contribution in [2.75, 3.05) is 0 Å². The Morgan fingerprint density at radius 3 is 2.33 bits per heavy atom. The van der Waals surface area contributed by atoms with Crippen LogP contribution in [0.4, 0.5) is 0 Å². The number of hydrogen-bond donors (Lipinski definition) is 0. The van der Waals surface area contributed by atoms with Crippen molar-refractivity contribution in [2.24, 2.45) is 0 Å². The highest BCUT2D eigenvalue weighted by Crippen LogP contribution is 2.06. The Morgan fingerprint density at radius 2 is 1.83 bits per heavy atom. The van der Waals surface area contributed by atoms with Gasteiger partial charge in [-0.25, -0.2) is 0 Å². The number of rotatable bonds is 5. The van der Waals surface area contributed by atoms with Crippen LogP contribution in [-0.2, 0) is 4.79 Å². The van der Waals surface area contributed by atoms with Gasteiger partial charge in [-0.2, -0.15) is 0 Å². The molecule has 0 rings (SSSR count). The molecule has 68 valence electrons. The Hall–Kier alpha value is -0.850. The topological polar surface area (TPSA) is 17.1 Å². The van der Waals surface area contributed by atoms with Gasteiger partial charge in [0.15, 0.2) is 0 Å². The van der Waals surface area contributed by atoms with Gasteiger partial charge >= 0.3 is 0 Å². The van der Waals surface area contributed by atoms with Crippen LogP contribution in [-0.4, -0.2) is 6.29 Å². The third-order valence-electron chi connectivity index (χ3n) is 1.65. The highest BCUT2D eigenvalue weighted by Gasteiger charge is 1.87. The zero-order chi connectivity index (χ0) is 9.40. The lowest BCUT2D eigenvalue weighted by Gasteiger charge is -1.96. The normalized spacial score (nSPS) is 11.1.